The summed E-state index contributed by atoms with van der Waals surface area (Å²) in [5, 5.41) is 11.1. The number of Topliss-reactive ketones (excluding diaryl/α,β-unsaturated/α-hetero) is 1. The van der Waals surface area contributed by atoms with Gasteiger partial charge in [0, 0.05) is 38.5 Å². The number of ketones is 1. The van der Waals surface area contributed by atoms with Crippen LogP contribution in [0.5, 0.6) is 0 Å². The van der Waals surface area contributed by atoms with Crippen LogP contribution in [0.15, 0.2) is 72.8 Å². The maximum Gasteiger partial charge on any atom is 0.140 e. The predicted molar refractivity (Wildman–Crippen MR) is 156 cm³/mol. The molecular formula is C32H34N4OS. The molecule has 0 amide bonds. The molecule has 0 bridgehead atoms. The average Bonchev–Trinajstić information content (AvgIpc) is 3.38. The lowest BCUT2D eigenvalue weighted by Crippen LogP contribution is -2.48. The second-order valence-electron chi connectivity index (χ2n) is 9.98. The molecule has 5 rings (SSSR count). The Morgan fingerprint density at radius 3 is 2.37 bits per heavy atom. The number of fused-ring (bicyclic) bond motifs is 1. The van der Waals surface area contributed by atoms with Crippen molar-refractivity contribution in [3.05, 3.63) is 94.5 Å². The molecule has 0 aliphatic carbocycles. The first-order chi connectivity index (χ1) is 18.6. The van der Waals surface area contributed by atoms with Gasteiger partial charge in [-0.2, -0.15) is 5.26 Å². The van der Waals surface area contributed by atoms with Gasteiger partial charge in [0.15, 0.2) is 0 Å². The number of piperazine rings is 1. The Bertz CT molecular complexity index is 1400. The smallest absolute Gasteiger partial charge is 0.140 e. The minimum atomic E-state index is 0.0984. The molecule has 1 unspecified atom stereocenters. The molecule has 6 heteroatoms. The van der Waals surface area contributed by atoms with Crippen molar-refractivity contribution in [2.45, 2.75) is 39.2 Å². The highest BCUT2D eigenvalue weighted by Gasteiger charge is 2.29. The van der Waals surface area contributed by atoms with Gasteiger partial charge in [0.1, 0.15) is 16.9 Å². The van der Waals surface area contributed by atoms with Gasteiger partial charge in [0.2, 0.25) is 0 Å². The Balaban J connectivity index is 1.34. The molecule has 1 atom stereocenters. The van der Waals surface area contributed by atoms with E-state index in [9.17, 15) is 10.1 Å². The summed E-state index contributed by atoms with van der Waals surface area (Å²) in [5.74, 6) is 0.364. The van der Waals surface area contributed by atoms with Crippen LogP contribution in [0.4, 0.5) is 5.69 Å². The molecule has 0 spiro atoms. The molecule has 1 aromatic heterocycles. The van der Waals surface area contributed by atoms with Crippen molar-refractivity contribution in [3.63, 3.8) is 0 Å². The fourth-order valence-electron chi connectivity index (χ4n) is 5.52. The summed E-state index contributed by atoms with van der Waals surface area (Å²) in [5.41, 5.74) is 4.85. The molecular weight excluding hydrogens is 488 g/mol. The number of carbonyl (C=O) groups excluding carboxylic acids is 1. The van der Waals surface area contributed by atoms with E-state index in [1.807, 2.05) is 24.3 Å². The van der Waals surface area contributed by atoms with E-state index in [2.05, 4.69) is 78.2 Å². The van der Waals surface area contributed by atoms with Crippen molar-refractivity contribution in [2.75, 3.05) is 31.1 Å². The minimum absolute atomic E-state index is 0.0984. The number of para-hydroxylation sites is 1. The molecule has 2 heterocycles. The maximum atomic E-state index is 12.6. The maximum absolute atomic E-state index is 12.6. The highest BCUT2D eigenvalue weighted by atomic mass is 32.1. The summed E-state index contributed by atoms with van der Waals surface area (Å²) in [6.07, 6.45) is 2.13. The lowest BCUT2D eigenvalue weighted by atomic mass is 9.93. The quantitative estimate of drug-likeness (QED) is 0.247. The first kappa shape index (κ1) is 26.1. The number of thiazole rings is 1. The molecule has 38 heavy (non-hydrogen) atoms. The Morgan fingerprint density at radius 2 is 1.68 bits per heavy atom. The third kappa shape index (κ3) is 5.50. The number of nitriles is 1. The van der Waals surface area contributed by atoms with Crippen LogP contribution >= 0.6 is 11.3 Å². The normalized spacial score (nSPS) is 15.1. The van der Waals surface area contributed by atoms with Crippen molar-refractivity contribution in [3.8, 4) is 6.07 Å². The fraction of sp³-hybridized carbons (Fsp3) is 0.344. The zero-order valence-corrected chi connectivity index (χ0v) is 23.0. The van der Waals surface area contributed by atoms with Gasteiger partial charge < -0.3 is 4.90 Å². The molecule has 194 valence electrons. The first-order valence-electron chi connectivity index (χ1n) is 13.6. The number of hydrogen-bond donors (Lipinski definition) is 0. The van der Waals surface area contributed by atoms with Gasteiger partial charge in [0.25, 0.3) is 0 Å². The molecule has 0 N–H and O–H groups in total. The van der Waals surface area contributed by atoms with E-state index in [1.165, 1.54) is 10.3 Å². The number of nitrogens with zero attached hydrogens (tertiary/aromatic N) is 4. The Morgan fingerprint density at radius 1 is 0.974 bits per heavy atom. The van der Waals surface area contributed by atoms with Crippen molar-refractivity contribution in [2.24, 2.45) is 5.92 Å². The van der Waals surface area contributed by atoms with E-state index < -0.39 is 0 Å². The molecule has 0 saturated carbocycles. The minimum Gasteiger partial charge on any atom is -0.368 e. The Kier molecular flexibility index (Phi) is 8.17. The van der Waals surface area contributed by atoms with Crippen LogP contribution in [0.3, 0.4) is 0 Å². The van der Waals surface area contributed by atoms with Gasteiger partial charge in [-0.3, -0.25) is 9.69 Å². The third-order valence-corrected chi connectivity index (χ3v) is 8.77. The van der Waals surface area contributed by atoms with E-state index >= 15 is 0 Å². The van der Waals surface area contributed by atoms with Crippen molar-refractivity contribution < 1.29 is 4.79 Å². The highest BCUT2D eigenvalue weighted by molar-refractivity contribution is 7.18. The van der Waals surface area contributed by atoms with Crippen LogP contribution in [-0.2, 0) is 11.2 Å². The van der Waals surface area contributed by atoms with Gasteiger partial charge in [-0.1, -0.05) is 62.4 Å². The third-order valence-electron chi connectivity index (χ3n) is 7.68. The molecule has 3 aromatic carbocycles. The summed E-state index contributed by atoms with van der Waals surface area (Å²) < 4.78 is 1.21. The van der Waals surface area contributed by atoms with Crippen LogP contribution in [-0.4, -0.2) is 41.8 Å². The van der Waals surface area contributed by atoms with E-state index in [0.717, 1.165) is 60.8 Å². The molecule has 1 fully saturated rings. The van der Waals surface area contributed by atoms with Gasteiger partial charge in [-0.05, 0) is 48.2 Å². The summed E-state index contributed by atoms with van der Waals surface area (Å²) >= 11 is 1.77. The number of rotatable bonds is 9. The summed E-state index contributed by atoms with van der Waals surface area (Å²) in [6, 6.07) is 27.4. The largest absolute Gasteiger partial charge is 0.368 e. The van der Waals surface area contributed by atoms with E-state index in [1.54, 1.807) is 11.3 Å². The number of benzene rings is 3. The van der Waals surface area contributed by atoms with Gasteiger partial charge >= 0.3 is 0 Å². The van der Waals surface area contributed by atoms with E-state index in [0.29, 0.717) is 12.0 Å². The van der Waals surface area contributed by atoms with Gasteiger partial charge in [-0.25, -0.2) is 4.98 Å². The monoisotopic (exact) mass is 522 g/mol. The van der Waals surface area contributed by atoms with E-state index in [4.69, 9.17) is 4.98 Å². The van der Waals surface area contributed by atoms with Gasteiger partial charge in [0.05, 0.1) is 27.5 Å². The fourth-order valence-corrected chi connectivity index (χ4v) is 6.65. The van der Waals surface area contributed by atoms with Crippen molar-refractivity contribution in [1.29, 1.82) is 5.26 Å². The SMILES string of the molecule is CCC(CC)C(=O)Cc1ccc(N2CCN(C(c3ccccc3)c3nc4ccccc4s3)CC2)c(C#N)c1. The zero-order valence-electron chi connectivity index (χ0n) is 22.1. The summed E-state index contributed by atoms with van der Waals surface area (Å²) in [6.45, 7) is 7.53. The lowest BCUT2D eigenvalue weighted by molar-refractivity contribution is -0.122. The number of hydrogen-bond acceptors (Lipinski definition) is 6. The second-order valence-corrected chi connectivity index (χ2v) is 11.0. The Labute approximate surface area is 229 Å². The number of anilines is 1. The number of aromatic nitrogens is 1. The lowest BCUT2D eigenvalue weighted by Gasteiger charge is -2.40. The average molecular weight is 523 g/mol. The predicted octanol–water partition coefficient (Wildman–Crippen LogP) is 6.63. The molecule has 1 aliphatic heterocycles. The van der Waals surface area contributed by atoms with Crippen LogP contribution in [0.25, 0.3) is 10.2 Å². The van der Waals surface area contributed by atoms with Crippen LogP contribution in [0.2, 0.25) is 0 Å². The number of carbonyl (C=O) groups is 1. The van der Waals surface area contributed by atoms with Gasteiger partial charge in [-0.15, -0.1) is 11.3 Å². The Hall–Kier alpha value is -3.53. The molecule has 1 aliphatic rings. The van der Waals surface area contributed by atoms with Crippen LogP contribution in [0.1, 0.15) is 54.4 Å². The topological polar surface area (TPSA) is 60.2 Å². The molecule has 5 nitrogen and oxygen atoms in total. The standard InChI is InChI=1S/C32H34N4OS/c1-3-24(4-2)29(37)21-23-14-15-28(26(20-23)22-33)35-16-18-36(19-17-35)31(25-10-6-5-7-11-25)32-34-27-12-8-9-13-30(27)38-32/h5-15,20,24,31H,3-4,16-19,21H2,1-2H3. The molecule has 1 saturated heterocycles. The summed E-state index contributed by atoms with van der Waals surface area (Å²) in [4.78, 5) is 22.5. The highest BCUT2D eigenvalue weighted by Crippen LogP contribution is 2.35. The van der Waals surface area contributed by atoms with Crippen molar-refractivity contribution in [1.82, 2.24) is 9.88 Å². The van der Waals surface area contributed by atoms with E-state index in [-0.39, 0.29) is 17.7 Å². The van der Waals surface area contributed by atoms with Crippen LogP contribution in [0, 0.1) is 17.2 Å². The molecule has 4 aromatic rings. The second kappa shape index (κ2) is 11.9. The summed E-state index contributed by atoms with van der Waals surface area (Å²) in [7, 11) is 0. The zero-order chi connectivity index (χ0) is 26.5. The van der Waals surface area contributed by atoms with Crippen molar-refractivity contribution >= 4 is 33.0 Å². The van der Waals surface area contributed by atoms with Crippen LogP contribution < -0.4 is 4.90 Å². The first-order valence-corrected chi connectivity index (χ1v) is 14.4. The molecule has 0 radical (unpaired) electrons.